The zero-order valence-electron chi connectivity index (χ0n) is 7.21. The maximum atomic E-state index is 13.0. The molecule has 3 nitrogen and oxygen atoms in total. The zero-order valence-corrected chi connectivity index (χ0v) is 7.21. The Hall–Kier alpha value is -0.135. The summed E-state index contributed by atoms with van der Waals surface area (Å²) in [5.41, 5.74) is 0. The van der Waals surface area contributed by atoms with Gasteiger partial charge in [0.15, 0.2) is 0 Å². The molecular weight excluding hydrogens is 167 g/mol. The van der Waals surface area contributed by atoms with Gasteiger partial charge in [0, 0.05) is 0 Å². The first-order valence-electron chi connectivity index (χ1n) is 3.55. The summed E-state index contributed by atoms with van der Waals surface area (Å²) < 4.78 is 41.4. The Balaban J connectivity index is 2.76. The highest BCUT2D eigenvalue weighted by Crippen LogP contribution is 2.16. The van der Waals surface area contributed by atoms with E-state index in [1.807, 2.05) is 0 Å². The fourth-order valence-electron chi connectivity index (χ4n) is 1.17. The van der Waals surface area contributed by atoms with Crippen LogP contribution in [0, 0.1) is 0 Å². The quantitative estimate of drug-likeness (QED) is 0.468. The average Bonchev–Trinajstić information content (AvgIpc) is 2.08. The van der Waals surface area contributed by atoms with Crippen LogP contribution in [0.1, 0.15) is 0 Å². The van der Waals surface area contributed by atoms with Gasteiger partial charge in [0.1, 0.15) is 0 Å². The van der Waals surface area contributed by atoms with E-state index >= 15 is 0 Å². The molecule has 0 unspecified atom stereocenters. The lowest BCUT2D eigenvalue weighted by atomic mass is 9.68. The Morgan fingerprint density at radius 2 is 0.833 bits per heavy atom. The number of halogens is 3. The third-order valence-corrected chi connectivity index (χ3v) is 2.02. The maximum absolute atomic E-state index is 13.0. The van der Waals surface area contributed by atoms with Gasteiger partial charge in [-0.1, -0.05) is 0 Å². The molecule has 0 spiro atoms. The SMILES string of the molecule is CN1B(F)N(C)B(F)N(C)B1F. The van der Waals surface area contributed by atoms with Crippen LogP contribution >= 0.6 is 0 Å². The van der Waals surface area contributed by atoms with Crippen molar-refractivity contribution >= 4 is 21.8 Å². The van der Waals surface area contributed by atoms with Crippen molar-refractivity contribution in [2.45, 2.75) is 0 Å². The molecule has 1 fully saturated rings. The van der Waals surface area contributed by atoms with Gasteiger partial charge in [-0.3, -0.25) is 27.1 Å². The van der Waals surface area contributed by atoms with Crippen molar-refractivity contribution in [3.8, 4) is 0 Å². The van der Waals surface area contributed by atoms with Gasteiger partial charge in [-0.15, -0.1) is 0 Å². The van der Waals surface area contributed by atoms with Crippen LogP contribution in [-0.2, 0) is 0 Å². The summed E-state index contributed by atoms with van der Waals surface area (Å²) >= 11 is 0. The highest BCUT2D eigenvalue weighted by Gasteiger charge is 2.52. The smallest absolute Gasteiger partial charge is 0.300 e. The second-order valence-electron chi connectivity index (χ2n) is 2.93. The van der Waals surface area contributed by atoms with Crippen LogP contribution in [-0.4, -0.2) is 57.1 Å². The molecule has 12 heavy (non-hydrogen) atoms. The summed E-state index contributed by atoms with van der Waals surface area (Å²) in [6, 6.07) is 0. The lowest BCUT2D eigenvalue weighted by molar-refractivity contribution is 0.401. The monoisotopic (exact) mass is 177 g/mol. The summed E-state index contributed by atoms with van der Waals surface area (Å²) in [6.07, 6.45) is 0. The molecule has 0 aliphatic carbocycles. The van der Waals surface area contributed by atoms with E-state index in [2.05, 4.69) is 0 Å². The van der Waals surface area contributed by atoms with Crippen molar-refractivity contribution in [3.05, 3.63) is 0 Å². The van der Waals surface area contributed by atoms with Crippen LogP contribution in [0.15, 0.2) is 0 Å². The fourth-order valence-corrected chi connectivity index (χ4v) is 1.17. The molecule has 1 saturated heterocycles. The Morgan fingerprint density at radius 1 is 0.667 bits per heavy atom. The summed E-state index contributed by atoms with van der Waals surface area (Å²) in [5, 5.41) is 0. The minimum Gasteiger partial charge on any atom is -0.300 e. The van der Waals surface area contributed by atoms with Gasteiger partial charge < -0.3 is 0 Å². The Kier molecular flexibility index (Phi) is 2.75. The minimum absolute atomic E-state index is 0.802. The highest BCUT2D eigenvalue weighted by molar-refractivity contribution is 6.79. The van der Waals surface area contributed by atoms with Crippen LogP contribution in [0.5, 0.6) is 0 Å². The van der Waals surface area contributed by atoms with Crippen molar-refractivity contribution in [2.75, 3.05) is 21.1 Å². The molecule has 1 rings (SSSR count). The van der Waals surface area contributed by atoms with E-state index in [0.29, 0.717) is 0 Å². The lowest BCUT2D eigenvalue weighted by Gasteiger charge is -2.38. The van der Waals surface area contributed by atoms with Gasteiger partial charge in [-0.05, 0) is 21.1 Å². The topological polar surface area (TPSA) is 9.72 Å². The molecule has 0 bridgehead atoms. The Labute approximate surface area is 71.0 Å². The third-order valence-electron chi connectivity index (χ3n) is 2.02. The molecule has 1 heterocycles. The van der Waals surface area contributed by atoms with Crippen molar-refractivity contribution in [1.29, 1.82) is 0 Å². The lowest BCUT2D eigenvalue weighted by Crippen LogP contribution is -2.71. The van der Waals surface area contributed by atoms with E-state index < -0.39 is 21.8 Å². The summed E-state index contributed by atoms with van der Waals surface area (Å²) in [5.74, 6) is 0. The van der Waals surface area contributed by atoms with E-state index in [4.69, 9.17) is 0 Å². The van der Waals surface area contributed by atoms with Gasteiger partial charge >= 0.3 is 21.8 Å². The predicted molar refractivity (Wildman–Crippen MR) is 43.9 cm³/mol. The molecule has 9 heteroatoms. The second kappa shape index (κ2) is 3.31. The molecule has 0 aromatic rings. The number of nitrogens with zero attached hydrogens (tertiary/aromatic N) is 3. The molecule has 0 N–H and O–H groups in total. The third kappa shape index (κ3) is 1.36. The molecule has 0 aromatic carbocycles. The largest absolute Gasteiger partial charge is 0.504 e. The van der Waals surface area contributed by atoms with Gasteiger partial charge in [0.25, 0.3) is 0 Å². The van der Waals surface area contributed by atoms with Crippen molar-refractivity contribution in [1.82, 2.24) is 14.2 Å². The van der Waals surface area contributed by atoms with Crippen LogP contribution in [0.25, 0.3) is 0 Å². The van der Waals surface area contributed by atoms with Gasteiger partial charge in [-0.2, -0.15) is 0 Å². The molecule has 0 atom stereocenters. The Bertz CT molecular complexity index is 116. The first-order chi connectivity index (χ1) is 5.46. The van der Waals surface area contributed by atoms with Crippen molar-refractivity contribution in [3.63, 3.8) is 0 Å². The summed E-state index contributed by atoms with van der Waals surface area (Å²) in [6.45, 7) is 0. The number of hydrogen-bond donors (Lipinski definition) is 0. The normalized spacial score (nSPS) is 24.0. The fraction of sp³-hybridized carbons (Fsp3) is 1.00. The Morgan fingerprint density at radius 3 is 1.00 bits per heavy atom. The summed E-state index contributed by atoms with van der Waals surface area (Å²) in [4.78, 5) is 0. The number of rotatable bonds is 0. The van der Waals surface area contributed by atoms with Gasteiger partial charge in [0.05, 0.1) is 0 Å². The maximum Gasteiger partial charge on any atom is 0.504 e. The minimum atomic E-state index is -1.72. The van der Waals surface area contributed by atoms with Crippen LogP contribution in [0.4, 0.5) is 12.9 Å². The van der Waals surface area contributed by atoms with E-state index in [9.17, 15) is 12.9 Å². The molecule has 0 amide bonds. The predicted octanol–water partition coefficient (Wildman–Crippen LogP) is -0.341. The van der Waals surface area contributed by atoms with E-state index in [1.54, 1.807) is 0 Å². The van der Waals surface area contributed by atoms with Gasteiger partial charge in [0.2, 0.25) is 0 Å². The van der Waals surface area contributed by atoms with Gasteiger partial charge in [-0.25, -0.2) is 0 Å². The molecular formula is C3H9B3F3N3. The second-order valence-corrected chi connectivity index (χ2v) is 2.93. The van der Waals surface area contributed by atoms with Crippen LogP contribution in [0.3, 0.4) is 0 Å². The molecule has 0 radical (unpaired) electrons. The van der Waals surface area contributed by atoms with Crippen LogP contribution < -0.4 is 0 Å². The molecule has 66 valence electrons. The molecule has 1 aliphatic rings. The number of hydrogen-bond acceptors (Lipinski definition) is 3. The van der Waals surface area contributed by atoms with Crippen molar-refractivity contribution < 1.29 is 12.9 Å². The summed E-state index contributed by atoms with van der Waals surface area (Å²) in [7, 11) is -1.37. The first kappa shape index (κ1) is 9.95. The standard InChI is InChI=1S/C3H9B3F3N3/c1-10-4(7)11(2)6(9)12(3)5(10)8/h1-3H3. The van der Waals surface area contributed by atoms with Crippen molar-refractivity contribution in [2.24, 2.45) is 0 Å². The van der Waals surface area contributed by atoms with E-state index in [0.717, 1.165) is 14.2 Å². The molecule has 1 aliphatic heterocycles. The van der Waals surface area contributed by atoms with E-state index in [-0.39, 0.29) is 0 Å². The average molecular weight is 177 g/mol. The van der Waals surface area contributed by atoms with E-state index in [1.165, 1.54) is 21.1 Å². The molecule has 0 aromatic heterocycles. The first-order valence-corrected chi connectivity index (χ1v) is 3.55. The zero-order chi connectivity index (χ0) is 9.46. The molecule has 0 saturated carbocycles. The highest BCUT2D eigenvalue weighted by atomic mass is 19.1. The van der Waals surface area contributed by atoms with Crippen LogP contribution in [0.2, 0.25) is 0 Å².